The van der Waals surface area contributed by atoms with Crippen LogP contribution in [0.5, 0.6) is 0 Å². The Hall–Kier alpha value is -1.14. The second-order valence-corrected chi connectivity index (χ2v) is 1.50. The molecule has 3 amide bonds. The minimum Gasteiger partial charge on any atom is -0.381 e. The number of amides is 3. The summed E-state index contributed by atoms with van der Waals surface area (Å²) >= 11 is 0. The Kier molecular flexibility index (Phi) is 4.17. The number of rotatable bonds is 3. The molecule has 5 N–H and O–H groups in total. The van der Waals surface area contributed by atoms with Gasteiger partial charge in [-0.25, -0.2) is 4.79 Å². The van der Waals surface area contributed by atoms with E-state index in [0.29, 0.717) is 0 Å². The molecule has 0 rings (SSSR count). The van der Waals surface area contributed by atoms with Crippen LogP contribution >= 0.6 is 0 Å². The van der Waals surface area contributed by atoms with Crippen molar-refractivity contribution in [1.82, 2.24) is 10.6 Å². The first-order chi connectivity index (χ1) is 4.66. The molecule has 10 heavy (non-hydrogen) atoms. The van der Waals surface area contributed by atoms with Gasteiger partial charge in [0, 0.05) is 0 Å². The lowest BCUT2D eigenvalue weighted by Gasteiger charge is -1.98. The van der Waals surface area contributed by atoms with Crippen LogP contribution in [0.4, 0.5) is 4.79 Å². The maximum absolute atomic E-state index is 10.4. The number of nitrogens with two attached hydrogens (primary N) is 1. The fraction of sp³-hybridized carbons (Fsp3) is 0.500. The number of hydrogen-bond donors (Lipinski definition) is 4. The lowest BCUT2D eigenvalue weighted by Crippen LogP contribution is -2.40. The van der Waals surface area contributed by atoms with Crippen LogP contribution in [0.25, 0.3) is 0 Å². The minimum atomic E-state index is -0.898. The molecule has 0 aliphatic rings. The number of hydrogen-bond acceptors (Lipinski definition) is 4. The molecule has 0 aromatic carbocycles. The zero-order chi connectivity index (χ0) is 7.98. The molecule has 58 valence electrons. The lowest BCUT2D eigenvalue weighted by atomic mass is 10.6. The van der Waals surface area contributed by atoms with Crippen molar-refractivity contribution in [2.45, 2.75) is 0 Å². The van der Waals surface area contributed by atoms with E-state index in [4.69, 9.17) is 5.11 Å². The fourth-order valence-corrected chi connectivity index (χ4v) is 0.351. The molecule has 0 saturated heterocycles. The highest BCUT2D eigenvalue weighted by Crippen LogP contribution is 1.61. The largest absolute Gasteiger partial charge is 0.381 e. The van der Waals surface area contributed by atoms with E-state index in [2.05, 4.69) is 11.1 Å². The highest BCUT2D eigenvalue weighted by Gasteiger charge is 2.00. The molecule has 6 heteroatoms. The molecule has 0 unspecified atom stereocenters. The Balaban J connectivity index is 3.35. The zero-order valence-corrected chi connectivity index (χ0v) is 5.26. The highest BCUT2D eigenvalue weighted by atomic mass is 16.3. The van der Waals surface area contributed by atoms with Crippen molar-refractivity contribution >= 4 is 11.9 Å². The number of urea groups is 1. The summed E-state index contributed by atoms with van der Waals surface area (Å²) in [5, 5.41) is 12.2. The van der Waals surface area contributed by atoms with Gasteiger partial charge in [0.25, 0.3) is 0 Å². The molecule has 6 nitrogen and oxygen atoms in total. The van der Waals surface area contributed by atoms with Crippen LogP contribution in [-0.2, 0) is 4.79 Å². The third kappa shape index (κ3) is 5.01. The van der Waals surface area contributed by atoms with E-state index in [1.165, 1.54) is 0 Å². The van der Waals surface area contributed by atoms with Crippen LogP contribution in [-0.4, -0.2) is 30.3 Å². The van der Waals surface area contributed by atoms with E-state index in [0.717, 1.165) is 0 Å². The molecule has 0 radical (unpaired) electrons. The van der Waals surface area contributed by atoms with Gasteiger partial charge in [-0.15, -0.1) is 0 Å². The van der Waals surface area contributed by atoms with Crippen LogP contribution in [0.3, 0.4) is 0 Å². The number of carbonyl (C=O) groups is 2. The summed E-state index contributed by atoms with van der Waals surface area (Å²) in [6.07, 6.45) is 0. The maximum atomic E-state index is 10.4. The first-order valence-electron chi connectivity index (χ1n) is 2.57. The van der Waals surface area contributed by atoms with Crippen LogP contribution in [0, 0.1) is 0 Å². The number of carbonyl (C=O) groups excluding carboxylic acids is 2. The van der Waals surface area contributed by atoms with Crippen molar-refractivity contribution in [2.24, 2.45) is 5.73 Å². The van der Waals surface area contributed by atoms with Crippen molar-refractivity contribution in [3.8, 4) is 0 Å². The Morgan fingerprint density at radius 3 is 2.50 bits per heavy atom. The molecular weight excluding hydrogens is 138 g/mol. The number of primary amides is 1. The Labute approximate surface area is 57.4 Å². The normalized spacial score (nSPS) is 8.90. The molecule has 0 atom stereocenters. The van der Waals surface area contributed by atoms with Crippen molar-refractivity contribution in [3.05, 3.63) is 0 Å². The SMILES string of the molecule is NC(=O)NC(=O)CNCO. The fourth-order valence-electron chi connectivity index (χ4n) is 0.351. The predicted molar refractivity (Wildman–Crippen MR) is 32.8 cm³/mol. The van der Waals surface area contributed by atoms with Gasteiger partial charge >= 0.3 is 6.03 Å². The standard InChI is InChI=1S/C4H9N3O3/c5-4(10)7-3(9)1-6-2-8/h6,8H,1-2H2,(H3,5,7,9,10). The van der Waals surface area contributed by atoms with E-state index < -0.39 is 11.9 Å². The molecule has 0 bridgehead atoms. The molecule has 0 spiro atoms. The van der Waals surface area contributed by atoms with Gasteiger partial charge in [-0.05, 0) is 0 Å². The number of imide groups is 1. The first kappa shape index (κ1) is 8.86. The van der Waals surface area contributed by atoms with Crippen molar-refractivity contribution in [2.75, 3.05) is 13.3 Å². The molecule has 0 aliphatic heterocycles. The van der Waals surface area contributed by atoms with Gasteiger partial charge in [0.05, 0.1) is 13.3 Å². The molecule has 0 aliphatic carbocycles. The van der Waals surface area contributed by atoms with Crippen LogP contribution in [0.2, 0.25) is 0 Å². The zero-order valence-electron chi connectivity index (χ0n) is 5.26. The summed E-state index contributed by atoms with van der Waals surface area (Å²) in [7, 11) is 0. The first-order valence-corrected chi connectivity index (χ1v) is 2.57. The highest BCUT2D eigenvalue weighted by molar-refractivity contribution is 5.94. The molecule has 0 saturated carbocycles. The van der Waals surface area contributed by atoms with Crippen LogP contribution in [0.15, 0.2) is 0 Å². The second-order valence-electron chi connectivity index (χ2n) is 1.50. The third-order valence-electron chi connectivity index (χ3n) is 0.660. The third-order valence-corrected chi connectivity index (χ3v) is 0.660. The Bertz CT molecular complexity index is 136. The van der Waals surface area contributed by atoms with E-state index in [9.17, 15) is 9.59 Å². The van der Waals surface area contributed by atoms with Crippen molar-refractivity contribution < 1.29 is 14.7 Å². The van der Waals surface area contributed by atoms with Gasteiger partial charge in [0.1, 0.15) is 0 Å². The quantitative estimate of drug-likeness (QED) is 0.337. The smallest absolute Gasteiger partial charge is 0.318 e. The van der Waals surface area contributed by atoms with Gasteiger partial charge < -0.3 is 10.8 Å². The van der Waals surface area contributed by atoms with E-state index >= 15 is 0 Å². The minimum absolute atomic E-state index is 0.126. The number of aliphatic hydroxyl groups excluding tert-OH is 1. The average molecular weight is 147 g/mol. The molecule has 0 aromatic rings. The number of aliphatic hydroxyl groups is 1. The van der Waals surface area contributed by atoms with Crippen LogP contribution in [0.1, 0.15) is 0 Å². The number of nitrogens with one attached hydrogen (secondary N) is 2. The molecular formula is C4H9N3O3. The lowest BCUT2D eigenvalue weighted by molar-refractivity contribution is -0.119. The van der Waals surface area contributed by atoms with E-state index in [-0.39, 0.29) is 13.3 Å². The van der Waals surface area contributed by atoms with E-state index in [1.54, 1.807) is 5.32 Å². The second kappa shape index (κ2) is 4.71. The van der Waals surface area contributed by atoms with Gasteiger partial charge in [-0.1, -0.05) is 0 Å². The van der Waals surface area contributed by atoms with Gasteiger partial charge in [-0.2, -0.15) is 0 Å². The maximum Gasteiger partial charge on any atom is 0.318 e. The van der Waals surface area contributed by atoms with Gasteiger partial charge in [0.2, 0.25) is 5.91 Å². The van der Waals surface area contributed by atoms with Gasteiger partial charge in [0.15, 0.2) is 0 Å². The molecule has 0 aromatic heterocycles. The topological polar surface area (TPSA) is 104 Å². The Morgan fingerprint density at radius 1 is 1.50 bits per heavy atom. The summed E-state index contributed by atoms with van der Waals surface area (Å²) in [6.45, 7) is -0.439. The van der Waals surface area contributed by atoms with Crippen molar-refractivity contribution in [1.29, 1.82) is 0 Å². The monoisotopic (exact) mass is 147 g/mol. The summed E-state index contributed by atoms with van der Waals surface area (Å²) in [6, 6.07) is -0.898. The summed E-state index contributed by atoms with van der Waals surface area (Å²) < 4.78 is 0. The summed E-state index contributed by atoms with van der Waals surface area (Å²) in [4.78, 5) is 20.4. The summed E-state index contributed by atoms with van der Waals surface area (Å²) in [5.41, 5.74) is 4.60. The van der Waals surface area contributed by atoms with Gasteiger partial charge in [-0.3, -0.25) is 15.4 Å². The Morgan fingerprint density at radius 2 is 2.10 bits per heavy atom. The van der Waals surface area contributed by atoms with Crippen molar-refractivity contribution in [3.63, 3.8) is 0 Å². The summed E-state index contributed by atoms with van der Waals surface area (Å²) in [5.74, 6) is -0.568. The van der Waals surface area contributed by atoms with Crippen LogP contribution < -0.4 is 16.4 Å². The average Bonchev–Trinajstić information content (AvgIpc) is 1.82. The molecule has 0 heterocycles. The predicted octanol–water partition coefficient (Wildman–Crippen LogP) is -2.28. The van der Waals surface area contributed by atoms with E-state index in [1.807, 2.05) is 0 Å². The molecule has 0 fully saturated rings.